The molecule has 0 saturated carbocycles. The molecule has 15 heavy (non-hydrogen) atoms. The van der Waals surface area contributed by atoms with Gasteiger partial charge in [0.2, 0.25) is 0 Å². The van der Waals surface area contributed by atoms with Gasteiger partial charge >= 0.3 is 0 Å². The molecule has 0 amide bonds. The van der Waals surface area contributed by atoms with Crippen LogP contribution < -0.4 is 5.32 Å². The molecule has 1 atom stereocenters. The van der Waals surface area contributed by atoms with E-state index in [0.29, 0.717) is 12.0 Å². The summed E-state index contributed by atoms with van der Waals surface area (Å²) in [5.74, 6) is 1.73. The Hall–Kier alpha value is -0.180. The van der Waals surface area contributed by atoms with Crippen LogP contribution in [0.5, 0.6) is 0 Å². The highest BCUT2D eigenvalue weighted by Crippen LogP contribution is 2.23. The molecule has 0 saturated heterocycles. The average Bonchev–Trinajstić information content (AvgIpc) is 2.18. The first-order chi connectivity index (χ1) is 7.13. The van der Waals surface area contributed by atoms with Crippen molar-refractivity contribution in [3.05, 3.63) is 29.3 Å². The summed E-state index contributed by atoms with van der Waals surface area (Å²) in [6, 6.07) is 8.56. The second-order valence-electron chi connectivity index (χ2n) is 3.91. The lowest BCUT2D eigenvalue weighted by Crippen LogP contribution is -2.32. The fourth-order valence-corrected chi connectivity index (χ4v) is 2.92. The molecule has 0 fully saturated rings. The Balaban J connectivity index is 2.49. The van der Waals surface area contributed by atoms with Crippen molar-refractivity contribution < 1.29 is 0 Å². The van der Waals surface area contributed by atoms with Crippen LogP contribution in [0.2, 0.25) is 5.02 Å². The van der Waals surface area contributed by atoms with Crippen molar-refractivity contribution >= 4 is 23.4 Å². The maximum atomic E-state index is 5.93. The fourth-order valence-electron chi connectivity index (χ4n) is 1.35. The second kappa shape index (κ2) is 6.41. The first kappa shape index (κ1) is 12.9. The Morgan fingerprint density at radius 2 is 2.13 bits per heavy atom. The number of benzene rings is 1. The molecule has 3 heteroatoms. The third-order valence-electron chi connectivity index (χ3n) is 2.40. The molecule has 0 aromatic heterocycles. The zero-order valence-corrected chi connectivity index (χ0v) is 11.0. The molecule has 0 bridgehead atoms. The molecule has 0 aliphatic rings. The molecule has 1 unspecified atom stereocenters. The third-order valence-corrected chi connectivity index (χ3v) is 3.75. The van der Waals surface area contributed by atoms with Crippen molar-refractivity contribution in [2.24, 2.45) is 5.92 Å². The van der Waals surface area contributed by atoms with Crippen LogP contribution in [0.3, 0.4) is 0 Å². The minimum absolute atomic E-state index is 0.550. The highest BCUT2D eigenvalue weighted by Gasteiger charge is 2.10. The topological polar surface area (TPSA) is 12.0 Å². The van der Waals surface area contributed by atoms with Gasteiger partial charge in [-0.1, -0.05) is 31.5 Å². The van der Waals surface area contributed by atoms with Crippen molar-refractivity contribution in [2.45, 2.75) is 24.8 Å². The molecule has 0 spiro atoms. The molecule has 0 radical (unpaired) electrons. The Kier molecular flexibility index (Phi) is 5.51. The minimum atomic E-state index is 0.550. The number of rotatable bonds is 5. The van der Waals surface area contributed by atoms with Gasteiger partial charge in [0.25, 0.3) is 0 Å². The lowest BCUT2D eigenvalue weighted by Gasteiger charge is -2.19. The minimum Gasteiger partial charge on any atom is -0.316 e. The first-order valence-electron chi connectivity index (χ1n) is 5.19. The van der Waals surface area contributed by atoms with Gasteiger partial charge in [0.1, 0.15) is 0 Å². The predicted molar refractivity (Wildman–Crippen MR) is 69.9 cm³/mol. The first-order valence-corrected chi connectivity index (χ1v) is 6.55. The fraction of sp³-hybridized carbons (Fsp3) is 0.500. The van der Waals surface area contributed by atoms with Crippen LogP contribution >= 0.6 is 23.4 Å². The summed E-state index contributed by atoms with van der Waals surface area (Å²) in [6.07, 6.45) is 0. The monoisotopic (exact) mass is 243 g/mol. The van der Waals surface area contributed by atoms with E-state index >= 15 is 0 Å². The van der Waals surface area contributed by atoms with Gasteiger partial charge in [0.05, 0.1) is 0 Å². The molecule has 1 rings (SSSR count). The van der Waals surface area contributed by atoms with Crippen LogP contribution in [-0.2, 0) is 0 Å². The van der Waals surface area contributed by atoms with E-state index in [0.717, 1.165) is 10.8 Å². The van der Waals surface area contributed by atoms with Crippen LogP contribution in [0.25, 0.3) is 0 Å². The Labute approximate surface area is 102 Å². The molecule has 1 N–H and O–H groups in total. The summed E-state index contributed by atoms with van der Waals surface area (Å²) < 4.78 is 0. The normalized spacial score (nSPS) is 13.1. The largest absolute Gasteiger partial charge is 0.316 e. The average molecular weight is 244 g/mol. The molecule has 84 valence electrons. The van der Waals surface area contributed by atoms with Crippen LogP contribution in [0.1, 0.15) is 13.8 Å². The van der Waals surface area contributed by atoms with E-state index in [1.807, 2.05) is 37.0 Å². The summed E-state index contributed by atoms with van der Waals surface area (Å²) in [5, 5.41) is 4.14. The van der Waals surface area contributed by atoms with Crippen molar-refractivity contribution in [3.8, 4) is 0 Å². The SMILES string of the molecule is CNC(CSc1cccc(Cl)c1)C(C)C. The van der Waals surface area contributed by atoms with Crippen LogP contribution in [0.4, 0.5) is 0 Å². The van der Waals surface area contributed by atoms with Crippen LogP contribution in [0, 0.1) is 5.92 Å². The lowest BCUT2D eigenvalue weighted by atomic mass is 10.1. The van der Waals surface area contributed by atoms with Crippen molar-refractivity contribution in [1.29, 1.82) is 0 Å². The number of hydrogen-bond donors (Lipinski definition) is 1. The molecule has 1 nitrogen and oxygen atoms in total. The highest BCUT2D eigenvalue weighted by molar-refractivity contribution is 7.99. The molecule has 0 aliphatic carbocycles. The molecule has 1 aromatic carbocycles. The Morgan fingerprint density at radius 3 is 2.67 bits per heavy atom. The summed E-state index contributed by atoms with van der Waals surface area (Å²) in [4.78, 5) is 1.24. The Morgan fingerprint density at radius 1 is 1.40 bits per heavy atom. The molecule has 1 aromatic rings. The van der Waals surface area contributed by atoms with Gasteiger partial charge in [-0.25, -0.2) is 0 Å². The molecular weight excluding hydrogens is 226 g/mol. The zero-order valence-electron chi connectivity index (χ0n) is 9.46. The van der Waals surface area contributed by atoms with Crippen molar-refractivity contribution in [1.82, 2.24) is 5.32 Å². The summed E-state index contributed by atoms with van der Waals surface area (Å²) in [6.45, 7) is 4.47. The molecular formula is C12H18ClNS. The van der Waals surface area contributed by atoms with E-state index in [9.17, 15) is 0 Å². The van der Waals surface area contributed by atoms with Gasteiger partial charge in [0.15, 0.2) is 0 Å². The van der Waals surface area contributed by atoms with Crippen molar-refractivity contribution in [3.63, 3.8) is 0 Å². The van der Waals surface area contributed by atoms with E-state index in [1.54, 1.807) is 0 Å². The third kappa shape index (κ3) is 4.45. The van der Waals surface area contributed by atoms with E-state index in [2.05, 4.69) is 25.2 Å². The number of hydrogen-bond acceptors (Lipinski definition) is 2. The zero-order chi connectivity index (χ0) is 11.3. The summed E-state index contributed by atoms with van der Waals surface area (Å²) >= 11 is 7.78. The maximum Gasteiger partial charge on any atom is 0.0417 e. The molecule has 0 aliphatic heterocycles. The summed E-state index contributed by atoms with van der Waals surface area (Å²) in [7, 11) is 2.02. The van der Waals surface area contributed by atoms with Gasteiger partial charge in [-0.05, 0) is 31.2 Å². The maximum absolute atomic E-state index is 5.93. The van der Waals surface area contributed by atoms with Crippen LogP contribution in [0.15, 0.2) is 29.2 Å². The van der Waals surface area contributed by atoms with E-state index in [-0.39, 0.29) is 0 Å². The van der Waals surface area contributed by atoms with Gasteiger partial charge in [-0.3, -0.25) is 0 Å². The molecule has 0 heterocycles. The van der Waals surface area contributed by atoms with E-state index in [1.165, 1.54) is 4.90 Å². The lowest BCUT2D eigenvalue weighted by molar-refractivity contribution is 0.465. The second-order valence-corrected chi connectivity index (χ2v) is 5.44. The highest BCUT2D eigenvalue weighted by atomic mass is 35.5. The standard InChI is InChI=1S/C12H18ClNS/c1-9(2)12(14-3)8-15-11-6-4-5-10(13)7-11/h4-7,9,12,14H,8H2,1-3H3. The van der Waals surface area contributed by atoms with Crippen LogP contribution in [-0.4, -0.2) is 18.8 Å². The smallest absolute Gasteiger partial charge is 0.0417 e. The number of thioether (sulfide) groups is 1. The van der Waals surface area contributed by atoms with E-state index < -0.39 is 0 Å². The Bertz CT molecular complexity index is 301. The van der Waals surface area contributed by atoms with Gasteiger partial charge in [-0.2, -0.15) is 0 Å². The number of halogens is 1. The quantitative estimate of drug-likeness (QED) is 0.792. The number of nitrogens with one attached hydrogen (secondary N) is 1. The summed E-state index contributed by atoms with van der Waals surface area (Å²) in [5.41, 5.74) is 0. The van der Waals surface area contributed by atoms with Gasteiger partial charge < -0.3 is 5.32 Å². The van der Waals surface area contributed by atoms with E-state index in [4.69, 9.17) is 11.6 Å². The van der Waals surface area contributed by atoms with Gasteiger partial charge in [-0.15, -0.1) is 11.8 Å². The van der Waals surface area contributed by atoms with Crippen molar-refractivity contribution in [2.75, 3.05) is 12.8 Å². The van der Waals surface area contributed by atoms with Gasteiger partial charge in [0, 0.05) is 21.7 Å². The predicted octanol–water partition coefficient (Wildman–Crippen LogP) is 3.68.